The van der Waals surface area contributed by atoms with Gasteiger partial charge in [-0.15, -0.1) is 0 Å². The third-order valence-corrected chi connectivity index (χ3v) is 8.61. The lowest BCUT2D eigenvalue weighted by Gasteiger charge is -2.27. The zero-order valence-electron chi connectivity index (χ0n) is 24.2. The Morgan fingerprint density at radius 1 is 0.805 bits per heavy atom. The molecule has 5 rings (SSSR count). The molecule has 1 heterocycles. The molecule has 1 saturated heterocycles. The smallest absolute Gasteiger partial charge is 0.167 e. The topological polar surface area (TPSA) is 9.23 Å². The largest absolute Gasteiger partial charge is 0.378 e. The number of unbranched alkanes of at least 4 members (excludes halogenated alkanes) is 2. The van der Waals surface area contributed by atoms with Crippen molar-refractivity contribution in [2.45, 2.75) is 90.6 Å². The van der Waals surface area contributed by atoms with Crippen LogP contribution in [0.3, 0.4) is 0 Å². The summed E-state index contributed by atoms with van der Waals surface area (Å²) < 4.78 is 66.3. The van der Waals surface area contributed by atoms with E-state index in [0.29, 0.717) is 41.6 Å². The van der Waals surface area contributed by atoms with Crippen LogP contribution >= 0.6 is 0 Å². The van der Waals surface area contributed by atoms with Crippen molar-refractivity contribution < 1.29 is 22.3 Å². The summed E-state index contributed by atoms with van der Waals surface area (Å²) in [5.41, 5.74) is 2.79. The molecule has 2 unspecified atom stereocenters. The summed E-state index contributed by atoms with van der Waals surface area (Å²) >= 11 is 0. The molecule has 0 radical (unpaired) electrons. The Bertz CT molecular complexity index is 1380. The highest BCUT2D eigenvalue weighted by molar-refractivity contribution is 5.82. The first-order valence-corrected chi connectivity index (χ1v) is 15.3. The van der Waals surface area contributed by atoms with Crippen LogP contribution < -0.4 is 0 Å². The molecule has 3 aromatic carbocycles. The molecule has 0 N–H and O–H groups in total. The van der Waals surface area contributed by atoms with Crippen LogP contribution in [-0.2, 0) is 24.0 Å². The van der Waals surface area contributed by atoms with Gasteiger partial charge in [-0.2, -0.15) is 0 Å². The van der Waals surface area contributed by atoms with Gasteiger partial charge in [0, 0.05) is 22.6 Å². The molecular weight excluding hydrogens is 524 g/mol. The van der Waals surface area contributed by atoms with Gasteiger partial charge in [-0.05, 0) is 78.8 Å². The lowest BCUT2D eigenvalue weighted by molar-refractivity contribution is -0.00937. The average Bonchev–Trinajstić information content (AvgIpc) is 3.35. The Labute approximate surface area is 241 Å². The van der Waals surface area contributed by atoms with E-state index in [1.807, 2.05) is 19.1 Å². The van der Waals surface area contributed by atoms with Gasteiger partial charge in [0.15, 0.2) is 23.3 Å². The second-order valence-corrected chi connectivity index (χ2v) is 11.7. The number of hydrogen-bond donors (Lipinski definition) is 0. The molecule has 0 bridgehead atoms. The fourth-order valence-electron chi connectivity index (χ4n) is 6.32. The van der Waals surface area contributed by atoms with E-state index in [1.54, 1.807) is 24.3 Å². The second kappa shape index (κ2) is 13.4. The van der Waals surface area contributed by atoms with Crippen LogP contribution in [0.25, 0.3) is 22.3 Å². The number of benzene rings is 3. The van der Waals surface area contributed by atoms with E-state index < -0.39 is 23.3 Å². The Hall–Kier alpha value is -2.92. The molecule has 1 fully saturated rings. The fourth-order valence-corrected chi connectivity index (χ4v) is 6.32. The van der Waals surface area contributed by atoms with E-state index in [-0.39, 0.29) is 28.7 Å². The van der Waals surface area contributed by atoms with Crippen molar-refractivity contribution in [1.29, 1.82) is 0 Å². The highest BCUT2D eigenvalue weighted by atomic mass is 19.2. The summed E-state index contributed by atoms with van der Waals surface area (Å²) in [6.45, 7) is 4.92. The molecule has 0 saturated carbocycles. The number of halogens is 4. The van der Waals surface area contributed by atoms with E-state index >= 15 is 8.78 Å². The number of rotatable bonds is 11. The van der Waals surface area contributed by atoms with E-state index in [2.05, 4.69) is 19.1 Å². The molecule has 5 heteroatoms. The van der Waals surface area contributed by atoms with Gasteiger partial charge in [-0.1, -0.05) is 82.0 Å². The zero-order chi connectivity index (χ0) is 28.9. The summed E-state index contributed by atoms with van der Waals surface area (Å²) in [6.07, 6.45) is 15.2. The van der Waals surface area contributed by atoms with Gasteiger partial charge in [-0.25, -0.2) is 17.6 Å². The standard InChI is InChI=1S/C36H40F4O/c1-3-5-6-12-29-18-15-24(22-41-29)11-8-7-10-23-13-16-25(17-14-23)30-21-28-20-27-19-26(9-4-2)33(37)35(39)31(27)32(28)36(40)34(30)38/h8,11,13-14,16-17,19,21,24,29H,3-7,9-10,12,15,18,20,22H2,1-2H3/b11-8+. The Morgan fingerprint density at radius 3 is 2.22 bits per heavy atom. The SMILES string of the molecule is CCCCCC1CCC(/C=C/CCc2ccc(-c3cc4c(c(F)c3F)-c3c(cc(CCC)c(F)c3F)C4)cc2)CO1. The lowest BCUT2D eigenvalue weighted by atomic mass is 9.94. The van der Waals surface area contributed by atoms with Gasteiger partial charge < -0.3 is 4.74 Å². The first-order valence-electron chi connectivity index (χ1n) is 15.3. The first-order chi connectivity index (χ1) is 19.9. The normalized spacial score (nSPS) is 18.2. The maximum Gasteiger partial charge on any atom is 0.167 e. The average molecular weight is 565 g/mol. The molecule has 1 aliphatic heterocycles. The predicted molar refractivity (Wildman–Crippen MR) is 158 cm³/mol. The predicted octanol–water partition coefficient (Wildman–Crippen LogP) is 10.3. The summed E-state index contributed by atoms with van der Waals surface area (Å²) in [6, 6.07) is 10.7. The molecule has 1 nitrogen and oxygen atoms in total. The Kier molecular flexibility index (Phi) is 9.64. The Morgan fingerprint density at radius 2 is 1.54 bits per heavy atom. The minimum atomic E-state index is -1.12. The van der Waals surface area contributed by atoms with Crippen molar-refractivity contribution in [1.82, 2.24) is 0 Å². The van der Waals surface area contributed by atoms with E-state index in [1.165, 1.54) is 32.1 Å². The summed E-state index contributed by atoms with van der Waals surface area (Å²) in [4.78, 5) is 0. The van der Waals surface area contributed by atoms with Crippen molar-refractivity contribution in [3.05, 3.63) is 94.1 Å². The minimum absolute atomic E-state index is 0.139. The third kappa shape index (κ3) is 6.45. The maximum absolute atomic E-state index is 15.3. The first kappa shape index (κ1) is 29.6. The van der Waals surface area contributed by atoms with Gasteiger partial charge >= 0.3 is 0 Å². The van der Waals surface area contributed by atoms with Crippen molar-refractivity contribution in [2.24, 2.45) is 5.92 Å². The quantitative estimate of drug-likeness (QED) is 0.100. The Balaban J connectivity index is 1.22. The van der Waals surface area contributed by atoms with Crippen LogP contribution in [0, 0.1) is 29.2 Å². The zero-order valence-corrected chi connectivity index (χ0v) is 24.2. The fraction of sp³-hybridized carbons (Fsp3) is 0.444. The molecule has 0 amide bonds. The maximum atomic E-state index is 15.3. The molecule has 41 heavy (non-hydrogen) atoms. The molecule has 2 atom stereocenters. The molecule has 2 aliphatic rings. The number of ether oxygens (including phenoxy) is 1. The molecule has 0 spiro atoms. The number of hydrogen-bond acceptors (Lipinski definition) is 1. The third-order valence-electron chi connectivity index (χ3n) is 8.61. The summed E-state index contributed by atoms with van der Waals surface area (Å²) in [5.74, 6) is -3.73. The van der Waals surface area contributed by atoms with Gasteiger partial charge in [0.05, 0.1) is 12.7 Å². The highest BCUT2D eigenvalue weighted by Crippen LogP contribution is 2.45. The molecule has 0 aromatic heterocycles. The van der Waals surface area contributed by atoms with Gasteiger partial charge in [0.1, 0.15) is 0 Å². The number of allylic oxidation sites excluding steroid dienone is 1. The van der Waals surface area contributed by atoms with E-state index in [4.69, 9.17) is 4.74 Å². The van der Waals surface area contributed by atoms with Gasteiger partial charge in [0.25, 0.3) is 0 Å². The van der Waals surface area contributed by atoms with Crippen molar-refractivity contribution in [3.8, 4) is 22.3 Å². The second-order valence-electron chi connectivity index (χ2n) is 11.7. The van der Waals surface area contributed by atoms with Crippen molar-refractivity contribution >= 4 is 0 Å². The molecule has 3 aromatic rings. The van der Waals surface area contributed by atoms with Crippen LogP contribution in [0.5, 0.6) is 0 Å². The lowest BCUT2D eigenvalue weighted by Crippen LogP contribution is -2.24. The summed E-state index contributed by atoms with van der Waals surface area (Å²) in [7, 11) is 0. The van der Waals surface area contributed by atoms with Crippen LogP contribution in [0.1, 0.15) is 87.5 Å². The highest BCUT2D eigenvalue weighted by Gasteiger charge is 2.32. The van der Waals surface area contributed by atoms with Crippen molar-refractivity contribution in [2.75, 3.05) is 6.61 Å². The van der Waals surface area contributed by atoms with Crippen LogP contribution in [0.15, 0.2) is 48.6 Å². The van der Waals surface area contributed by atoms with Crippen LogP contribution in [-0.4, -0.2) is 12.7 Å². The van der Waals surface area contributed by atoms with Crippen LogP contribution in [0.4, 0.5) is 17.6 Å². The van der Waals surface area contributed by atoms with Crippen LogP contribution in [0.2, 0.25) is 0 Å². The monoisotopic (exact) mass is 564 g/mol. The number of aryl methyl sites for hydroxylation is 2. The van der Waals surface area contributed by atoms with Gasteiger partial charge in [-0.3, -0.25) is 0 Å². The van der Waals surface area contributed by atoms with E-state index in [0.717, 1.165) is 31.4 Å². The van der Waals surface area contributed by atoms with Gasteiger partial charge in [0.2, 0.25) is 0 Å². The molecule has 1 aliphatic carbocycles. The number of fused-ring (bicyclic) bond motifs is 3. The van der Waals surface area contributed by atoms with Crippen molar-refractivity contribution in [3.63, 3.8) is 0 Å². The van der Waals surface area contributed by atoms with E-state index in [9.17, 15) is 8.78 Å². The minimum Gasteiger partial charge on any atom is -0.378 e. The summed E-state index contributed by atoms with van der Waals surface area (Å²) in [5, 5.41) is 0. The molecular formula is C36H40F4O. The molecule has 218 valence electrons.